The van der Waals surface area contributed by atoms with Crippen LogP contribution in [0.25, 0.3) is 0 Å². The molecule has 146 valence electrons. The summed E-state index contributed by atoms with van der Waals surface area (Å²) in [6.07, 6.45) is 4.55. The molecule has 1 aliphatic carbocycles. The summed E-state index contributed by atoms with van der Waals surface area (Å²) in [5, 5.41) is 5.70. The summed E-state index contributed by atoms with van der Waals surface area (Å²) in [4.78, 5) is 28.6. The molecule has 3 amide bonds. The van der Waals surface area contributed by atoms with Gasteiger partial charge in [-0.15, -0.1) is 0 Å². The Hall–Kier alpha value is -1.86. The van der Waals surface area contributed by atoms with Crippen LogP contribution < -0.4 is 10.6 Å². The number of benzene rings is 1. The minimum absolute atomic E-state index is 0.0155. The smallest absolute Gasteiger partial charge is 0.319 e. The van der Waals surface area contributed by atoms with E-state index < -0.39 is 5.82 Å². The van der Waals surface area contributed by atoms with Crippen molar-refractivity contribution in [3.8, 4) is 0 Å². The molecule has 0 radical (unpaired) electrons. The van der Waals surface area contributed by atoms with Crippen molar-refractivity contribution in [1.82, 2.24) is 15.1 Å². The standard InChI is InChI=1S/C19H24ClFN4O2/c20-16-10-13(2-5-17(16)21)23-19(27)22-12-1-3-14(9-12)24-7-8-25-15(11-24)4-6-18(25)26/h2,5,10,12,14-15H,1,3-4,6-9,11H2,(H2,22,23,27). The van der Waals surface area contributed by atoms with Crippen LogP contribution >= 0.6 is 11.6 Å². The fraction of sp³-hybridized carbons (Fsp3) is 0.579. The average molecular weight is 395 g/mol. The highest BCUT2D eigenvalue weighted by molar-refractivity contribution is 6.31. The van der Waals surface area contributed by atoms with Gasteiger partial charge in [0, 0.05) is 49.9 Å². The molecule has 3 atom stereocenters. The number of carbonyl (C=O) groups is 2. The Balaban J connectivity index is 1.26. The molecule has 1 aromatic rings. The summed E-state index contributed by atoms with van der Waals surface area (Å²) < 4.78 is 13.2. The largest absolute Gasteiger partial charge is 0.337 e. The third kappa shape index (κ3) is 4.04. The molecular weight excluding hydrogens is 371 g/mol. The van der Waals surface area contributed by atoms with E-state index in [1.165, 1.54) is 18.2 Å². The van der Waals surface area contributed by atoms with Gasteiger partial charge in [0.25, 0.3) is 0 Å². The zero-order chi connectivity index (χ0) is 19.0. The van der Waals surface area contributed by atoms with E-state index in [1.807, 2.05) is 4.90 Å². The molecular formula is C19H24ClFN4O2. The molecule has 8 heteroatoms. The van der Waals surface area contributed by atoms with Crippen LogP contribution in [-0.4, -0.2) is 59.5 Å². The normalized spacial score (nSPS) is 28.3. The number of hydrogen-bond acceptors (Lipinski definition) is 3. The number of urea groups is 1. The third-order valence-electron chi connectivity index (χ3n) is 5.96. The number of rotatable bonds is 3. The highest BCUT2D eigenvalue weighted by atomic mass is 35.5. The van der Waals surface area contributed by atoms with Gasteiger partial charge in [0.2, 0.25) is 5.91 Å². The van der Waals surface area contributed by atoms with Gasteiger partial charge in [0.1, 0.15) is 5.82 Å². The van der Waals surface area contributed by atoms with E-state index in [9.17, 15) is 14.0 Å². The Morgan fingerprint density at radius 3 is 2.85 bits per heavy atom. The quantitative estimate of drug-likeness (QED) is 0.828. The summed E-state index contributed by atoms with van der Waals surface area (Å²) >= 11 is 5.74. The van der Waals surface area contributed by atoms with Crippen molar-refractivity contribution in [2.24, 2.45) is 0 Å². The predicted octanol–water partition coefficient (Wildman–Crippen LogP) is 2.83. The van der Waals surface area contributed by atoms with Crippen molar-refractivity contribution in [2.75, 3.05) is 25.0 Å². The molecule has 2 aliphatic heterocycles. The van der Waals surface area contributed by atoms with Crippen molar-refractivity contribution in [3.05, 3.63) is 29.0 Å². The van der Waals surface area contributed by atoms with Crippen molar-refractivity contribution in [1.29, 1.82) is 0 Å². The van der Waals surface area contributed by atoms with Crippen LogP contribution in [0.3, 0.4) is 0 Å². The molecule has 3 aliphatic rings. The number of amides is 3. The van der Waals surface area contributed by atoms with E-state index in [4.69, 9.17) is 11.6 Å². The lowest BCUT2D eigenvalue weighted by Gasteiger charge is -2.40. The SMILES string of the molecule is O=C(Nc1ccc(F)c(Cl)c1)NC1CCC(N2CCN3C(=O)CCC3C2)C1. The molecule has 6 nitrogen and oxygen atoms in total. The van der Waals surface area contributed by atoms with Crippen LogP contribution in [0.4, 0.5) is 14.9 Å². The molecule has 4 rings (SSSR count). The molecule has 2 N–H and O–H groups in total. The maximum absolute atomic E-state index is 13.2. The lowest BCUT2D eigenvalue weighted by atomic mass is 10.1. The zero-order valence-electron chi connectivity index (χ0n) is 15.1. The van der Waals surface area contributed by atoms with Gasteiger partial charge in [-0.3, -0.25) is 9.69 Å². The number of piperazine rings is 1. The van der Waals surface area contributed by atoms with Crippen LogP contribution in [0.2, 0.25) is 5.02 Å². The molecule has 2 heterocycles. The first-order valence-corrected chi connectivity index (χ1v) is 9.93. The fourth-order valence-corrected chi connectivity index (χ4v) is 4.75. The predicted molar refractivity (Wildman–Crippen MR) is 101 cm³/mol. The molecule has 1 saturated carbocycles. The number of hydrogen-bond donors (Lipinski definition) is 2. The van der Waals surface area contributed by atoms with Crippen molar-refractivity contribution < 1.29 is 14.0 Å². The molecule has 0 aromatic heterocycles. The van der Waals surface area contributed by atoms with Crippen molar-refractivity contribution in [3.63, 3.8) is 0 Å². The van der Waals surface area contributed by atoms with Crippen LogP contribution in [0.5, 0.6) is 0 Å². The van der Waals surface area contributed by atoms with Gasteiger partial charge in [-0.25, -0.2) is 9.18 Å². The van der Waals surface area contributed by atoms with Crippen LogP contribution in [0, 0.1) is 5.82 Å². The average Bonchev–Trinajstić information content (AvgIpc) is 3.25. The minimum Gasteiger partial charge on any atom is -0.337 e. The van der Waals surface area contributed by atoms with Gasteiger partial charge in [-0.05, 0) is 43.9 Å². The Morgan fingerprint density at radius 1 is 1.19 bits per heavy atom. The summed E-state index contributed by atoms with van der Waals surface area (Å²) in [5.41, 5.74) is 0.468. The van der Waals surface area contributed by atoms with Gasteiger partial charge >= 0.3 is 6.03 Å². The number of nitrogens with zero attached hydrogens (tertiary/aromatic N) is 2. The maximum Gasteiger partial charge on any atom is 0.319 e. The lowest BCUT2D eigenvalue weighted by molar-refractivity contribution is -0.131. The molecule has 0 spiro atoms. The minimum atomic E-state index is -0.509. The first kappa shape index (κ1) is 18.5. The number of carbonyl (C=O) groups excluding carboxylic acids is 2. The second-order valence-electron chi connectivity index (χ2n) is 7.67. The second kappa shape index (κ2) is 7.64. The van der Waals surface area contributed by atoms with Gasteiger partial charge < -0.3 is 15.5 Å². The fourth-order valence-electron chi connectivity index (χ4n) is 4.57. The van der Waals surface area contributed by atoms with E-state index >= 15 is 0 Å². The molecule has 3 unspecified atom stereocenters. The van der Waals surface area contributed by atoms with E-state index in [1.54, 1.807) is 0 Å². The Morgan fingerprint density at radius 2 is 2.04 bits per heavy atom. The van der Waals surface area contributed by atoms with Crippen molar-refractivity contribution in [2.45, 2.75) is 50.2 Å². The van der Waals surface area contributed by atoms with E-state index in [0.717, 1.165) is 45.3 Å². The Bertz CT molecular complexity index is 746. The first-order valence-electron chi connectivity index (χ1n) is 9.55. The van der Waals surface area contributed by atoms with Crippen LogP contribution in [0.15, 0.2) is 18.2 Å². The second-order valence-corrected chi connectivity index (χ2v) is 8.07. The van der Waals surface area contributed by atoms with Gasteiger partial charge in [-0.2, -0.15) is 0 Å². The third-order valence-corrected chi connectivity index (χ3v) is 6.25. The van der Waals surface area contributed by atoms with E-state index in [2.05, 4.69) is 15.5 Å². The molecule has 0 bridgehead atoms. The van der Waals surface area contributed by atoms with Gasteiger partial charge in [0.05, 0.1) is 5.02 Å². The van der Waals surface area contributed by atoms with Gasteiger partial charge in [0.15, 0.2) is 0 Å². The highest BCUT2D eigenvalue weighted by Gasteiger charge is 2.39. The molecule has 3 fully saturated rings. The van der Waals surface area contributed by atoms with Crippen molar-refractivity contribution >= 4 is 29.2 Å². The van der Waals surface area contributed by atoms with E-state index in [0.29, 0.717) is 30.1 Å². The lowest BCUT2D eigenvalue weighted by Crippen LogP contribution is -2.54. The first-order chi connectivity index (χ1) is 13.0. The molecule has 27 heavy (non-hydrogen) atoms. The van der Waals surface area contributed by atoms with Crippen LogP contribution in [-0.2, 0) is 4.79 Å². The summed E-state index contributed by atoms with van der Waals surface area (Å²) in [6.45, 7) is 2.69. The number of nitrogens with one attached hydrogen (secondary N) is 2. The zero-order valence-corrected chi connectivity index (χ0v) is 15.8. The van der Waals surface area contributed by atoms with E-state index in [-0.39, 0.29) is 17.1 Å². The maximum atomic E-state index is 13.2. The number of halogens is 2. The van der Waals surface area contributed by atoms with Gasteiger partial charge in [-0.1, -0.05) is 11.6 Å². The topological polar surface area (TPSA) is 64.7 Å². The Labute approximate surface area is 163 Å². The summed E-state index contributed by atoms with van der Waals surface area (Å²) in [7, 11) is 0. The van der Waals surface area contributed by atoms with Crippen LogP contribution in [0.1, 0.15) is 32.1 Å². The molecule has 1 aromatic carbocycles. The summed E-state index contributed by atoms with van der Waals surface area (Å²) in [6, 6.07) is 4.76. The highest BCUT2D eigenvalue weighted by Crippen LogP contribution is 2.30. The molecule has 2 saturated heterocycles. The number of anilines is 1. The Kier molecular flexibility index (Phi) is 5.23. The monoisotopic (exact) mass is 394 g/mol. The number of fused-ring (bicyclic) bond motifs is 1. The summed E-state index contributed by atoms with van der Waals surface area (Å²) in [5.74, 6) is -0.214.